The van der Waals surface area contributed by atoms with Crippen LogP contribution in [-0.4, -0.2) is 48.6 Å². The highest BCUT2D eigenvalue weighted by Crippen LogP contribution is 2.48. The van der Waals surface area contributed by atoms with E-state index in [9.17, 15) is 22.8 Å². The second-order valence-corrected chi connectivity index (χ2v) is 9.40. The molecule has 0 aromatic heterocycles. The number of esters is 1. The van der Waals surface area contributed by atoms with Crippen LogP contribution in [0.3, 0.4) is 0 Å². The number of alkyl halides is 3. The van der Waals surface area contributed by atoms with Gasteiger partial charge in [0.05, 0.1) is 11.1 Å². The Morgan fingerprint density at radius 3 is 2.35 bits per heavy atom. The molecule has 1 saturated heterocycles. The van der Waals surface area contributed by atoms with Crippen molar-refractivity contribution in [3.63, 3.8) is 0 Å². The van der Waals surface area contributed by atoms with Gasteiger partial charge in [-0.2, -0.15) is 13.2 Å². The number of amides is 1. The van der Waals surface area contributed by atoms with Gasteiger partial charge >= 0.3 is 12.1 Å². The largest absolute Gasteiger partial charge is 0.454 e. The maximum absolute atomic E-state index is 13.9. The predicted molar refractivity (Wildman–Crippen MR) is 121 cm³/mol. The van der Waals surface area contributed by atoms with E-state index in [1.807, 2.05) is 17.0 Å². The standard InChI is InChI=1S/C26H27F3N2O3/c27-26(28,29)18-7-6-8-19(17-18)30-13-15-31(16-14-30)23(32)22-20-9-2-3-10-21(20)24(33)34-25(22)11-4-1-5-12-25/h2-3,6-10,17,22H,1,4-5,11-16H2/t22-/m0/s1. The minimum absolute atomic E-state index is 0.0643. The van der Waals surface area contributed by atoms with Crippen molar-refractivity contribution in [3.05, 3.63) is 65.2 Å². The average Bonchev–Trinajstić information content (AvgIpc) is 2.84. The molecule has 1 atom stereocenters. The Hall–Kier alpha value is -3.03. The van der Waals surface area contributed by atoms with Crippen molar-refractivity contribution in [1.29, 1.82) is 0 Å². The van der Waals surface area contributed by atoms with Crippen molar-refractivity contribution in [2.45, 2.75) is 49.8 Å². The highest BCUT2D eigenvalue weighted by molar-refractivity contribution is 5.98. The van der Waals surface area contributed by atoms with E-state index >= 15 is 0 Å². The minimum atomic E-state index is -4.39. The smallest absolute Gasteiger partial charge is 0.416 e. The van der Waals surface area contributed by atoms with Gasteiger partial charge in [0.1, 0.15) is 11.5 Å². The van der Waals surface area contributed by atoms with Crippen molar-refractivity contribution in [3.8, 4) is 0 Å². The first kappa shape index (κ1) is 22.7. The van der Waals surface area contributed by atoms with Crippen LogP contribution in [0, 0.1) is 0 Å². The lowest BCUT2D eigenvalue weighted by Crippen LogP contribution is -2.56. The van der Waals surface area contributed by atoms with Gasteiger partial charge in [0, 0.05) is 31.9 Å². The number of hydrogen-bond acceptors (Lipinski definition) is 4. The van der Waals surface area contributed by atoms with Crippen LogP contribution in [0.25, 0.3) is 0 Å². The lowest BCUT2D eigenvalue weighted by Gasteiger charge is -2.47. The molecular formula is C26H27F3N2O3. The van der Waals surface area contributed by atoms with Crippen molar-refractivity contribution >= 4 is 17.6 Å². The predicted octanol–water partition coefficient (Wildman–Crippen LogP) is 5.01. The summed E-state index contributed by atoms with van der Waals surface area (Å²) in [6.07, 6.45) is -0.210. The maximum Gasteiger partial charge on any atom is 0.416 e. The molecule has 0 bridgehead atoms. The molecular weight excluding hydrogens is 445 g/mol. The number of fused-ring (bicyclic) bond motifs is 1. The fraction of sp³-hybridized carbons (Fsp3) is 0.462. The van der Waals surface area contributed by atoms with Gasteiger partial charge in [-0.1, -0.05) is 30.7 Å². The number of nitrogens with zero attached hydrogens (tertiary/aromatic N) is 2. The van der Waals surface area contributed by atoms with E-state index in [1.165, 1.54) is 6.07 Å². The molecule has 2 aliphatic heterocycles. The number of halogens is 3. The Kier molecular flexibility index (Phi) is 5.78. The maximum atomic E-state index is 13.9. The van der Waals surface area contributed by atoms with Crippen molar-refractivity contribution in [2.75, 3.05) is 31.1 Å². The van der Waals surface area contributed by atoms with E-state index in [2.05, 4.69) is 0 Å². The van der Waals surface area contributed by atoms with Gasteiger partial charge in [-0.25, -0.2) is 4.79 Å². The number of carbonyl (C=O) groups excluding carboxylic acids is 2. The van der Waals surface area contributed by atoms with Crippen molar-refractivity contribution < 1.29 is 27.5 Å². The van der Waals surface area contributed by atoms with Gasteiger partial charge in [-0.05, 0) is 55.5 Å². The van der Waals surface area contributed by atoms with E-state index in [-0.39, 0.29) is 11.9 Å². The van der Waals surface area contributed by atoms with Crippen LogP contribution in [-0.2, 0) is 15.7 Å². The molecule has 2 heterocycles. The molecule has 0 radical (unpaired) electrons. The third kappa shape index (κ3) is 4.03. The number of hydrogen-bond donors (Lipinski definition) is 0. The molecule has 2 aromatic rings. The molecule has 1 spiro atoms. The second kappa shape index (κ2) is 8.64. The summed E-state index contributed by atoms with van der Waals surface area (Å²) in [4.78, 5) is 30.3. The Morgan fingerprint density at radius 1 is 0.941 bits per heavy atom. The summed E-state index contributed by atoms with van der Waals surface area (Å²) in [6.45, 7) is 1.68. The zero-order valence-electron chi connectivity index (χ0n) is 18.8. The third-order valence-corrected chi connectivity index (χ3v) is 7.39. The summed E-state index contributed by atoms with van der Waals surface area (Å²) >= 11 is 0. The summed E-state index contributed by atoms with van der Waals surface area (Å²) in [5.41, 5.74) is 0.176. The van der Waals surface area contributed by atoms with Gasteiger partial charge in [-0.15, -0.1) is 0 Å². The van der Waals surface area contributed by atoms with E-state index in [1.54, 1.807) is 23.1 Å². The number of piperazine rings is 1. The number of carbonyl (C=O) groups is 2. The SMILES string of the molecule is O=C1OC2(CCCCC2)[C@H](C(=O)N2CCN(c3cccc(C(F)(F)F)c3)CC2)c2ccccc21. The number of benzene rings is 2. The normalized spacial score (nSPS) is 22.3. The summed E-state index contributed by atoms with van der Waals surface area (Å²) in [7, 11) is 0. The monoisotopic (exact) mass is 472 g/mol. The van der Waals surface area contributed by atoms with Crippen molar-refractivity contribution in [2.24, 2.45) is 0 Å². The highest BCUT2D eigenvalue weighted by Gasteiger charge is 2.53. The molecule has 1 amide bonds. The first-order valence-electron chi connectivity index (χ1n) is 11.8. The zero-order valence-corrected chi connectivity index (χ0v) is 18.8. The lowest BCUT2D eigenvalue weighted by atomic mass is 9.69. The van der Waals surface area contributed by atoms with Crippen LogP contribution in [0.2, 0.25) is 0 Å². The molecule has 0 unspecified atom stereocenters. The van der Waals surface area contributed by atoms with E-state index < -0.39 is 23.3 Å². The highest BCUT2D eigenvalue weighted by atomic mass is 19.4. The van der Waals surface area contributed by atoms with E-state index in [0.29, 0.717) is 50.3 Å². The molecule has 2 aromatic carbocycles. The van der Waals surface area contributed by atoms with Gasteiger partial charge in [0.15, 0.2) is 0 Å². The average molecular weight is 473 g/mol. The van der Waals surface area contributed by atoms with Crippen LogP contribution in [0.15, 0.2) is 48.5 Å². The molecule has 1 saturated carbocycles. The van der Waals surface area contributed by atoms with Gasteiger partial charge in [0.25, 0.3) is 0 Å². The van der Waals surface area contributed by atoms with Crippen LogP contribution < -0.4 is 4.90 Å². The quantitative estimate of drug-likeness (QED) is 0.577. The summed E-state index contributed by atoms with van der Waals surface area (Å²) in [5, 5.41) is 0. The molecule has 1 aliphatic carbocycles. The molecule has 8 heteroatoms. The summed E-state index contributed by atoms with van der Waals surface area (Å²) < 4.78 is 45.4. The van der Waals surface area contributed by atoms with Crippen LogP contribution in [0.4, 0.5) is 18.9 Å². The Bertz CT molecular complexity index is 1090. The first-order chi connectivity index (χ1) is 16.3. The number of anilines is 1. The van der Waals surface area contributed by atoms with Crippen LogP contribution >= 0.6 is 0 Å². The van der Waals surface area contributed by atoms with Gasteiger partial charge in [-0.3, -0.25) is 4.79 Å². The molecule has 2 fully saturated rings. The molecule has 0 N–H and O–H groups in total. The molecule has 5 rings (SSSR count). The Labute approximate surface area is 196 Å². The Morgan fingerprint density at radius 2 is 1.65 bits per heavy atom. The topological polar surface area (TPSA) is 49.9 Å². The number of rotatable bonds is 2. The molecule has 34 heavy (non-hydrogen) atoms. The fourth-order valence-electron chi connectivity index (χ4n) is 5.66. The molecule has 3 aliphatic rings. The number of ether oxygens (including phenoxy) is 1. The van der Waals surface area contributed by atoms with Gasteiger partial charge in [0.2, 0.25) is 5.91 Å². The third-order valence-electron chi connectivity index (χ3n) is 7.39. The van der Waals surface area contributed by atoms with E-state index in [4.69, 9.17) is 4.74 Å². The molecule has 5 nitrogen and oxygen atoms in total. The zero-order chi connectivity index (χ0) is 23.9. The fourth-order valence-corrected chi connectivity index (χ4v) is 5.66. The van der Waals surface area contributed by atoms with Crippen LogP contribution in [0.5, 0.6) is 0 Å². The lowest BCUT2D eigenvalue weighted by molar-refractivity contribution is -0.143. The van der Waals surface area contributed by atoms with Crippen molar-refractivity contribution in [1.82, 2.24) is 4.90 Å². The second-order valence-electron chi connectivity index (χ2n) is 9.40. The molecule has 180 valence electrons. The van der Waals surface area contributed by atoms with Gasteiger partial charge < -0.3 is 14.5 Å². The van der Waals surface area contributed by atoms with E-state index in [0.717, 1.165) is 37.0 Å². The first-order valence-corrected chi connectivity index (χ1v) is 11.8. The summed E-state index contributed by atoms with van der Waals surface area (Å²) in [6, 6.07) is 12.5. The minimum Gasteiger partial charge on any atom is -0.454 e. The Balaban J connectivity index is 1.37. The summed E-state index contributed by atoms with van der Waals surface area (Å²) in [5.74, 6) is -0.983. The van der Waals surface area contributed by atoms with Crippen LogP contribution in [0.1, 0.15) is 59.5 Å².